The maximum Gasteiger partial charge on any atom is 0.274 e. The molecule has 0 saturated carbocycles. The number of hydrogen-bond acceptors (Lipinski definition) is 5. The van der Waals surface area contributed by atoms with Gasteiger partial charge >= 0.3 is 0 Å². The van der Waals surface area contributed by atoms with Gasteiger partial charge in [0.05, 0.1) is 12.1 Å². The van der Waals surface area contributed by atoms with Crippen molar-refractivity contribution in [1.82, 2.24) is 20.1 Å². The van der Waals surface area contributed by atoms with E-state index in [4.69, 9.17) is 0 Å². The van der Waals surface area contributed by atoms with Gasteiger partial charge in [-0.2, -0.15) is 0 Å². The van der Waals surface area contributed by atoms with Crippen LogP contribution in [0.1, 0.15) is 17.4 Å². The fourth-order valence-corrected chi connectivity index (χ4v) is 2.69. The third-order valence-corrected chi connectivity index (χ3v) is 3.87. The van der Waals surface area contributed by atoms with E-state index < -0.39 is 6.04 Å². The van der Waals surface area contributed by atoms with Crippen molar-refractivity contribution < 1.29 is 14.4 Å². The van der Waals surface area contributed by atoms with Crippen LogP contribution in [0.3, 0.4) is 0 Å². The van der Waals surface area contributed by atoms with E-state index in [0.29, 0.717) is 18.8 Å². The van der Waals surface area contributed by atoms with Crippen LogP contribution in [0.2, 0.25) is 0 Å². The Morgan fingerprint density at radius 1 is 1.40 bits per heavy atom. The highest BCUT2D eigenvalue weighted by molar-refractivity contribution is 7.07. The molecule has 1 saturated heterocycles. The van der Waals surface area contributed by atoms with Gasteiger partial charge in [-0.3, -0.25) is 14.4 Å². The molecule has 7 nitrogen and oxygen atoms in total. The molecule has 1 N–H and O–H groups in total. The first-order valence-corrected chi connectivity index (χ1v) is 7.15. The molecule has 1 aliphatic heterocycles. The van der Waals surface area contributed by atoms with Crippen LogP contribution in [0.5, 0.6) is 0 Å². The Morgan fingerprint density at radius 2 is 2.15 bits per heavy atom. The highest BCUT2D eigenvalue weighted by Crippen LogP contribution is 2.15. The van der Waals surface area contributed by atoms with Crippen LogP contribution in [0.15, 0.2) is 10.9 Å². The summed E-state index contributed by atoms with van der Waals surface area (Å²) in [6, 6.07) is -0.674. The van der Waals surface area contributed by atoms with Crippen LogP contribution < -0.4 is 5.32 Å². The van der Waals surface area contributed by atoms with Crippen LogP contribution in [-0.4, -0.2) is 65.2 Å². The number of hydrogen-bond donors (Lipinski definition) is 1. The second kappa shape index (κ2) is 6.00. The zero-order valence-electron chi connectivity index (χ0n) is 11.3. The van der Waals surface area contributed by atoms with Crippen LogP contribution in [0, 0.1) is 0 Å². The van der Waals surface area contributed by atoms with Crippen molar-refractivity contribution in [2.75, 3.05) is 26.7 Å². The maximum absolute atomic E-state index is 12.4. The molecule has 1 aromatic rings. The summed E-state index contributed by atoms with van der Waals surface area (Å²) in [5.74, 6) is -0.651. The summed E-state index contributed by atoms with van der Waals surface area (Å²) in [5, 5.41) is 4.19. The smallest absolute Gasteiger partial charge is 0.274 e. The lowest BCUT2D eigenvalue weighted by molar-refractivity contribution is -0.135. The van der Waals surface area contributed by atoms with Gasteiger partial charge in [0.2, 0.25) is 11.8 Å². The number of thiazole rings is 1. The van der Waals surface area contributed by atoms with Gasteiger partial charge in [0.1, 0.15) is 11.7 Å². The number of carbonyl (C=O) groups is 3. The van der Waals surface area contributed by atoms with Crippen molar-refractivity contribution in [3.05, 3.63) is 16.6 Å². The third kappa shape index (κ3) is 2.79. The minimum absolute atomic E-state index is 0.0975. The highest BCUT2D eigenvalue weighted by Gasteiger charge is 2.36. The molecule has 0 radical (unpaired) electrons. The topological polar surface area (TPSA) is 82.6 Å². The van der Waals surface area contributed by atoms with Gasteiger partial charge in [-0.15, -0.1) is 11.3 Å². The van der Waals surface area contributed by atoms with E-state index in [0.717, 1.165) is 0 Å². The van der Waals surface area contributed by atoms with Gasteiger partial charge in [0.25, 0.3) is 5.91 Å². The summed E-state index contributed by atoms with van der Waals surface area (Å²) in [6.07, 6.45) is 0. The first-order valence-electron chi connectivity index (χ1n) is 6.21. The van der Waals surface area contributed by atoms with Crippen molar-refractivity contribution in [2.24, 2.45) is 0 Å². The Hall–Kier alpha value is -1.96. The van der Waals surface area contributed by atoms with Gasteiger partial charge < -0.3 is 15.1 Å². The summed E-state index contributed by atoms with van der Waals surface area (Å²) in [5.41, 5.74) is 1.91. The molecule has 0 aromatic carbocycles. The molecule has 1 aliphatic rings. The number of aromatic nitrogens is 1. The van der Waals surface area contributed by atoms with E-state index >= 15 is 0 Å². The molecular formula is C12H16N4O3S. The first kappa shape index (κ1) is 14.4. The number of piperazine rings is 1. The standard InChI is InChI=1S/C12H16N4O3S/c1-8(17)15-3-4-16(10(5-15)11(18)13-2)12(19)9-6-20-7-14-9/h6-7,10H,3-5H2,1-2H3,(H,13,18). The number of amides is 3. The fourth-order valence-electron chi connectivity index (χ4n) is 2.17. The van der Waals surface area contributed by atoms with Crippen LogP contribution in [-0.2, 0) is 9.59 Å². The minimum Gasteiger partial charge on any atom is -0.357 e. The average Bonchev–Trinajstić information content (AvgIpc) is 2.99. The van der Waals surface area contributed by atoms with E-state index in [9.17, 15) is 14.4 Å². The number of rotatable bonds is 2. The van der Waals surface area contributed by atoms with E-state index in [1.807, 2.05) is 0 Å². The van der Waals surface area contributed by atoms with Crippen LogP contribution in [0.25, 0.3) is 0 Å². The summed E-state index contributed by atoms with van der Waals surface area (Å²) < 4.78 is 0. The lowest BCUT2D eigenvalue weighted by atomic mass is 10.1. The lowest BCUT2D eigenvalue weighted by Crippen LogP contribution is -2.61. The molecule has 1 atom stereocenters. The van der Waals surface area contributed by atoms with Gasteiger partial charge in [-0.25, -0.2) is 4.98 Å². The third-order valence-electron chi connectivity index (χ3n) is 3.29. The van der Waals surface area contributed by atoms with Gasteiger partial charge in [-0.1, -0.05) is 0 Å². The van der Waals surface area contributed by atoms with E-state index in [2.05, 4.69) is 10.3 Å². The zero-order chi connectivity index (χ0) is 14.7. The lowest BCUT2D eigenvalue weighted by Gasteiger charge is -2.39. The largest absolute Gasteiger partial charge is 0.357 e. The number of nitrogens with one attached hydrogen (secondary N) is 1. The molecule has 0 aliphatic carbocycles. The van der Waals surface area contributed by atoms with Crippen LogP contribution in [0.4, 0.5) is 0 Å². The normalized spacial score (nSPS) is 18.8. The van der Waals surface area contributed by atoms with Gasteiger partial charge in [-0.05, 0) is 0 Å². The fraction of sp³-hybridized carbons (Fsp3) is 0.500. The number of carbonyl (C=O) groups excluding carboxylic acids is 3. The van der Waals surface area contributed by atoms with Crippen molar-refractivity contribution in [3.63, 3.8) is 0 Å². The molecule has 3 amide bonds. The molecule has 2 heterocycles. The number of nitrogens with zero attached hydrogens (tertiary/aromatic N) is 3. The molecular weight excluding hydrogens is 280 g/mol. The maximum atomic E-state index is 12.4. The van der Waals surface area contributed by atoms with Crippen molar-refractivity contribution >= 4 is 29.1 Å². The van der Waals surface area contributed by atoms with E-state index in [1.165, 1.54) is 30.2 Å². The van der Waals surface area contributed by atoms with E-state index in [-0.39, 0.29) is 24.3 Å². The van der Waals surface area contributed by atoms with Crippen LogP contribution >= 0.6 is 11.3 Å². The van der Waals surface area contributed by atoms with Crippen molar-refractivity contribution in [2.45, 2.75) is 13.0 Å². The molecule has 1 unspecified atom stereocenters. The molecule has 20 heavy (non-hydrogen) atoms. The van der Waals surface area contributed by atoms with Gasteiger partial charge in [0.15, 0.2) is 0 Å². The summed E-state index contributed by atoms with van der Waals surface area (Å²) >= 11 is 1.33. The summed E-state index contributed by atoms with van der Waals surface area (Å²) in [4.78, 5) is 42.8. The predicted octanol–water partition coefficient (Wildman–Crippen LogP) is -0.438. The monoisotopic (exact) mass is 296 g/mol. The molecule has 1 fully saturated rings. The first-order chi connectivity index (χ1) is 9.54. The van der Waals surface area contributed by atoms with E-state index in [1.54, 1.807) is 15.8 Å². The van der Waals surface area contributed by atoms with Crippen molar-refractivity contribution in [3.8, 4) is 0 Å². The predicted molar refractivity (Wildman–Crippen MR) is 73.3 cm³/mol. The second-order valence-corrected chi connectivity index (χ2v) is 5.19. The van der Waals surface area contributed by atoms with Gasteiger partial charge in [0, 0.05) is 32.4 Å². The quantitative estimate of drug-likeness (QED) is 0.802. The molecule has 2 rings (SSSR count). The second-order valence-electron chi connectivity index (χ2n) is 4.47. The summed E-state index contributed by atoms with van der Waals surface area (Å²) in [7, 11) is 1.51. The molecule has 8 heteroatoms. The van der Waals surface area contributed by atoms with Crippen molar-refractivity contribution in [1.29, 1.82) is 0 Å². The average molecular weight is 296 g/mol. The Labute approximate surface area is 120 Å². The highest BCUT2D eigenvalue weighted by atomic mass is 32.1. The Morgan fingerprint density at radius 3 is 2.70 bits per heavy atom. The Kier molecular flexibility index (Phi) is 4.33. The Balaban J connectivity index is 2.20. The molecule has 0 spiro atoms. The summed E-state index contributed by atoms with van der Waals surface area (Å²) in [6.45, 7) is 2.43. The SMILES string of the molecule is CNC(=O)C1CN(C(C)=O)CCN1C(=O)c1cscn1. The minimum atomic E-state index is -0.674. The molecule has 108 valence electrons. The zero-order valence-corrected chi connectivity index (χ0v) is 12.1. The molecule has 1 aromatic heterocycles. The molecule has 0 bridgehead atoms. The number of likely N-dealkylation sites (N-methyl/N-ethyl adjacent to an activating group) is 1. The Bertz CT molecular complexity index is 517.